The third kappa shape index (κ3) is 2.69. The van der Waals surface area contributed by atoms with Crippen LogP contribution in [0.3, 0.4) is 0 Å². The molecular weight excluding hydrogens is 222 g/mol. The molecule has 3 rings (SSSR count). The minimum atomic E-state index is 0.378. The Bertz CT molecular complexity index is 410. The number of ether oxygens (including phenoxy) is 1. The molecule has 2 aliphatic rings. The fourth-order valence-electron chi connectivity index (χ4n) is 3.02. The van der Waals surface area contributed by atoms with E-state index in [-0.39, 0.29) is 0 Å². The summed E-state index contributed by atoms with van der Waals surface area (Å²) in [5, 5.41) is 0. The first kappa shape index (κ1) is 12.0. The molecule has 2 heterocycles. The lowest BCUT2D eigenvalue weighted by molar-refractivity contribution is 0.191. The first-order chi connectivity index (χ1) is 8.81. The zero-order valence-electron chi connectivity index (χ0n) is 11.3. The summed E-state index contributed by atoms with van der Waals surface area (Å²) in [7, 11) is 0. The van der Waals surface area contributed by atoms with Crippen molar-refractivity contribution in [2.45, 2.75) is 51.7 Å². The molecule has 1 aromatic carbocycles. The minimum Gasteiger partial charge on any atom is -0.490 e. The predicted octanol–water partition coefficient (Wildman–Crippen LogP) is 3.39. The van der Waals surface area contributed by atoms with Crippen molar-refractivity contribution < 1.29 is 4.74 Å². The molecule has 2 heteroatoms. The molecule has 1 unspecified atom stereocenters. The molecular formula is C16H23NO. The summed E-state index contributed by atoms with van der Waals surface area (Å²) >= 11 is 0. The second kappa shape index (κ2) is 5.31. The molecule has 0 aliphatic carbocycles. The number of hydrogen-bond acceptors (Lipinski definition) is 2. The number of aryl methyl sites for hydroxylation is 1. The Balaban J connectivity index is 1.71. The standard InChI is InChI=1S/C16H23NO/c1-13-5-7-15-8-6-14(11-16(15)18-13)12-17-9-3-2-4-10-17/h6,8,11,13H,2-5,7,9-10,12H2,1H3. The summed E-state index contributed by atoms with van der Waals surface area (Å²) in [4.78, 5) is 2.57. The Morgan fingerprint density at radius 3 is 2.89 bits per heavy atom. The van der Waals surface area contributed by atoms with E-state index in [0.717, 1.165) is 18.7 Å². The van der Waals surface area contributed by atoms with Crippen LogP contribution in [0, 0.1) is 0 Å². The van der Waals surface area contributed by atoms with Crippen molar-refractivity contribution in [3.63, 3.8) is 0 Å². The van der Waals surface area contributed by atoms with Crippen LogP contribution in [0.1, 0.15) is 43.7 Å². The van der Waals surface area contributed by atoms with Crippen molar-refractivity contribution in [3.8, 4) is 5.75 Å². The van der Waals surface area contributed by atoms with Crippen LogP contribution in [0.25, 0.3) is 0 Å². The van der Waals surface area contributed by atoms with Gasteiger partial charge in [0.05, 0.1) is 6.10 Å². The van der Waals surface area contributed by atoms with Gasteiger partial charge in [-0.15, -0.1) is 0 Å². The van der Waals surface area contributed by atoms with Crippen molar-refractivity contribution in [1.82, 2.24) is 4.90 Å². The monoisotopic (exact) mass is 245 g/mol. The smallest absolute Gasteiger partial charge is 0.123 e. The van der Waals surface area contributed by atoms with E-state index in [2.05, 4.69) is 30.0 Å². The van der Waals surface area contributed by atoms with Crippen LogP contribution in [-0.4, -0.2) is 24.1 Å². The van der Waals surface area contributed by atoms with E-state index in [0.29, 0.717) is 6.10 Å². The Morgan fingerprint density at radius 2 is 2.06 bits per heavy atom. The lowest BCUT2D eigenvalue weighted by atomic mass is 10.0. The Kier molecular flexibility index (Phi) is 3.55. The number of nitrogens with zero attached hydrogens (tertiary/aromatic N) is 1. The van der Waals surface area contributed by atoms with Crippen LogP contribution in [-0.2, 0) is 13.0 Å². The zero-order valence-corrected chi connectivity index (χ0v) is 11.3. The van der Waals surface area contributed by atoms with Crippen LogP contribution in [0.4, 0.5) is 0 Å². The van der Waals surface area contributed by atoms with Crippen LogP contribution in [0.15, 0.2) is 18.2 Å². The van der Waals surface area contributed by atoms with Gasteiger partial charge in [-0.25, -0.2) is 0 Å². The fraction of sp³-hybridized carbons (Fsp3) is 0.625. The minimum absolute atomic E-state index is 0.378. The zero-order chi connectivity index (χ0) is 12.4. The molecule has 1 saturated heterocycles. The summed E-state index contributed by atoms with van der Waals surface area (Å²) in [5.74, 6) is 1.13. The second-order valence-corrected chi connectivity index (χ2v) is 5.75. The highest BCUT2D eigenvalue weighted by Gasteiger charge is 2.17. The van der Waals surface area contributed by atoms with Gasteiger partial charge in [-0.1, -0.05) is 18.6 Å². The molecule has 0 N–H and O–H groups in total. The Hall–Kier alpha value is -1.02. The number of hydrogen-bond donors (Lipinski definition) is 0. The van der Waals surface area contributed by atoms with E-state index < -0.39 is 0 Å². The van der Waals surface area contributed by atoms with E-state index in [1.54, 1.807) is 0 Å². The quantitative estimate of drug-likeness (QED) is 0.792. The maximum absolute atomic E-state index is 5.94. The van der Waals surface area contributed by atoms with Crippen molar-refractivity contribution >= 4 is 0 Å². The highest BCUT2D eigenvalue weighted by molar-refractivity contribution is 5.39. The third-order valence-corrected chi connectivity index (χ3v) is 4.13. The molecule has 2 nitrogen and oxygen atoms in total. The van der Waals surface area contributed by atoms with Crippen LogP contribution in [0.5, 0.6) is 5.75 Å². The van der Waals surface area contributed by atoms with E-state index in [1.165, 1.54) is 49.9 Å². The van der Waals surface area contributed by atoms with Gasteiger partial charge in [0.1, 0.15) is 5.75 Å². The third-order valence-electron chi connectivity index (χ3n) is 4.13. The topological polar surface area (TPSA) is 12.5 Å². The van der Waals surface area contributed by atoms with E-state index in [4.69, 9.17) is 4.74 Å². The van der Waals surface area contributed by atoms with Crippen LogP contribution in [0.2, 0.25) is 0 Å². The van der Waals surface area contributed by atoms with Crippen molar-refractivity contribution in [1.29, 1.82) is 0 Å². The van der Waals surface area contributed by atoms with Crippen molar-refractivity contribution in [2.75, 3.05) is 13.1 Å². The van der Waals surface area contributed by atoms with Crippen LogP contribution >= 0.6 is 0 Å². The van der Waals surface area contributed by atoms with Gasteiger partial charge in [0.25, 0.3) is 0 Å². The largest absolute Gasteiger partial charge is 0.490 e. The van der Waals surface area contributed by atoms with Gasteiger partial charge in [-0.2, -0.15) is 0 Å². The molecule has 0 amide bonds. The molecule has 0 spiro atoms. The summed E-state index contributed by atoms with van der Waals surface area (Å²) in [6, 6.07) is 6.81. The molecule has 0 aromatic heterocycles. The summed E-state index contributed by atoms with van der Waals surface area (Å²) in [6.07, 6.45) is 6.82. The summed E-state index contributed by atoms with van der Waals surface area (Å²) in [5.41, 5.74) is 2.79. The van der Waals surface area contributed by atoms with E-state index in [9.17, 15) is 0 Å². The number of fused-ring (bicyclic) bond motifs is 1. The molecule has 1 aromatic rings. The van der Waals surface area contributed by atoms with Gasteiger partial charge in [0, 0.05) is 6.54 Å². The SMILES string of the molecule is CC1CCc2ccc(CN3CCCCC3)cc2O1. The lowest BCUT2D eigenvalue weighted by Crippen LogP contribution is -2.29. The normalized spacial score (nSPS) is 24.4. The van der Waals surface area contributed by atoms with Crippen molar-refractivity contribution in [3.05, 3.63) is 29.3 Å². The van der Waals surface area contributed by atoms with Crippen molar-refractivity contribution in [2.24, 2.45) is 0 Å². The molecule has 1 atom stereocenters. The maximum Gasteiger partial charge on any atom is 0.123 e. The maximum atomic E-state index is 5.94. The average Bonchev–Trinajstić information content (AvgIpc) is 2.39. The summed E-state index contributed by atoms with van der Waals surface area (Å²) in [6.45, 7) is 5.77. The van der Waals surface area contributed by atoms with Gasteiger partial charge in [0.15, 0.2) is 0 Å². The first-order valence-electron chi connectivity index (χ1n) is 7.32. The second-order valence-electron chi connectivity index (χ2n) is 5.75. The fourth-order valence-corrected chi connectivity index (χ4v) is 3.02. The average molecular weight is 245 g/mol. The van der Waals surface area contributed by atoms with Gasteiger partial charge < -0.3 is 4.74 Å². The molecule has 1 fully saturated rings. The number of rotatable bonds is 2. The number of likely N-dealkylation sites (tertiary alicyclic amines) is 1. The first-order valence-corrected chi connectivity index (χ1v) is 7.32. The molecule has 0 saturated carbocycles. The van der Waals surface area contributed by atoms with Gasteiger partial charge in [-0.3, -0.25) is 4.90 Å². The van der Waals surface area contributed by atoms with Gasteiger partial charge in [-0.05, 0) is 62.9 Å². The molecule has 18 heavy (non-hydrogen) atoms. The number of piperidine rings is 1. The van der Waals surface area contributed by atoms with Gasteiger partial charge in [0.2, 0.25) is 0 Å². The summed E-state index contributed by atoms with van der Waals surface area (Å²) < 4.78 is 5.94. The Labute approximate surface area is 110 Å². The Morgan fingerprint density at radius 1 is 1.22 bits per heavy atom. The molecule has 98 valence electrons. The van der Waals surface area contributed by atoms with E-state index in [1.807, 2.05) is 0 Å². The molecule has 0 bridgehead atoms. The number of benzene rings is 1. The van der Waals surface area contributed by atoms with E-state index >= 15 is 0 Å². The van der Waals surface area contributed by atoms with Crippen LogP contribution < -0.4 is 4.74 Å². The lowest BCUT2D eigenvalue weighted by Gasteiger charge is -2.28. The molecule has 2 aliphatic heterocycles. The van der Waals surface area contributed by atoms with Gasteiger partial charge >= 0.3 is 0 Å². The highest BCUT2D eigenvalue weighted by atomic mass is 16.5. The predicted molar refractivity (Wildman–Crippen MR) is 74.0 cm³/mol. The highest BCUT2D eigenvalue weighted by Crippen LogP contribution is 2.29. The molecule has 0 radical (unpaired) electrons.